The number of nitrogens with zero attached hydrogens (tertiary/aromatic N) is 1. The number of hydrogen-bond donors (Lipinski definition) is 2. The van der Waals surface area contributed by atoms with Gasteiger partial charge in [0.2, 0.25) is 0 Å². The van der Waals surface area contributed by atoms with Crippen LogP contribution in [0.5, 0.6) is 0 Å². The van der Waals surface area contributed by atoms with Gasteiger partial charge in [0.25, 0.3) is 0 Å². The van der Waals surface area contributed by atoms with Crippen molar-refractivity contribution in [2.75, 3.05) is 18.0 Å². The Morgan fingerprint density at radius 2 is 2.12 bits per heavy atom. The summed E-state index contributed by atoms with van der Waals surface area (Å²) >= 11 is 0. The Labute approximate surface area is 99.6 Å². The molecule has 5 heteroatoms. The summed E-state index contributed by atoms with van der Waals surface area (Å²) in [6, 6.07) is 3.69. The normalized spacial score (nSPS) is 17.4. The molecule has 1 aromatic heterocycles. The first-order valence-electron chi connectivity index (χ1n) is 5.88. The minimum atomic E-state index is -0.816. The summed E-state index contributed by atoms with van der Waals surface area (Å²) in [5.74, 6) is 0.662. The first kappa shape index (κ1) is 12.0. The van der Waals surface area contributed by atoms with Crippen molar-refractivity contribution in [3.63, 3.8) is 0 Å². The highest BCUT2D eigenvalue weighted by Gasteiger charge is 2.19. The topological polar surface area (TPSA) is 73.9 Å². The molecule has 17 heavy (non-hydrogen) atoms. The molecule has 2 heterocycles. The molecule has 0 amide bonds. The minimum Gasteiger partial charge on any atom is -0.481 e. The number of aryl methyl sites for hydroxylation is 1. The number of carboxylic acids is 1. The van der Waals surface area contributed by atoms with Gasteiger partial charge in [-0.25, -0.2) is 0 Å². The molecule has 0 atom stereocenters. The van der Waals surface area contributed by atoms with Crippen LogP contribution >= 0.6 is 0 Å². The molecule has 0 saturated carbocycles. The number of piperidine rings is 1. The summed E-state index contributed by atoms with van der Waals surface area (Å²) < 4.78 is 5.59. The molecule has 0 unspecified atom stereocenters. The van der Waals surface area contributed by atoms with Crippen LogP contribution < -0.4 is 4.90 Å². The highest BCUT2D eigenvalue weighted by atomic mass is 16.4. The van der Waals surface area contributed by atoms with Gasteiger partial charge in [-0.3, -0.25) is 4.79 Å². The van der Waals surface area contributed by atoms with Crippen molar-refractivity contribution in [2.45, 2.75) is 31.8 Å². The standard InChI is InChI=1S/C12H17NO4/c14-9-5-7-13(8-6-9)11-3-1-10(17-11)2-4-12(15)16/h1,3,9,14H,2,4-8H2,(H,15,16). The quantitative estimate of drug-likeness (QED) is 0.827. The lowest BCUT2D eigenvalue weighted by Crippen LogP contribution is -2.35. The second-order valence-electron chi connectivity index (χ2n) is 4.35. The number of rotatable bonds is 4. The van der Waals surface area contributed by atoms with Gasteiger partial charge in [0.05, 0.1) is 12.5 Å². The third-order valence-electron chi connectivity index (χ3n) is 3.01. The van der Waals surface area contributed by atoms with Crippen LogP contribution in [0.1, 0.15) is 25.0 Å². The number of carbonyl (C=O) groups is 1. The van der Waals surface area contributed by atoms with Gasteiger partial charge in [-0.05, 0) is 18.9 Å². The number of carboxylic acid groups (broad SMARTS) is 1. The lowest BCUT2D eigenvalue weighted by Gasteiger charge is -2.29. The van der Waals surface area contributed by atoms with E-state index in [1.165, 1.54) is 0 Å². The molecular formula is C12H17NO4. The highest BCUT2D eigenvalue weighted by Crippen LogP contribution is 2.23. The lowest BCUT2D eigenvalue weighted by atomic mass is 10.1. The molecule has 2 rings (SSSR count). The Morgan fingerprint density at radius 3 is 2.76 bits per heavy atom. The summed E-state index contributed by atoms with van der Waals surface area (Å²) in [5.41, 5.74) is 0. The van der Waals surface area contributed by atoms with Gasteiger partial charge < -0.3 is 19.5 Å². The molecule has 1 aliphatic rings. The summed E-state index contributed by atoms with van der Waals surface area (Å²) in [6.07, 6.45) is 1.82. The average Bonchev–Trinajstić information content (AvgIpc) is 2.76. The van der Waals surface area contributed by atoms with E-state index in [1.54, 1.807) is 0 Å². The van der Waals surface area contributed by atoms with Crippen LogP contribution in [0.15, 0.2) is 16.5 Å². The van der Waals surface area contributed by atoms with E-state index < -0.39 is 5.97 Å². The van der Waals surface area contributed by atoms with Crippen LogP contribution in [0.4, 0.5) is 5.88 Å². The molecule has 1 fully saturated rings. The molecule has 0 bridgehead atoms. The molecule has 1 aliphatic heterocycles. The van der Waals surface area contributed by atoms with E-state index in [9.17, 15) is 9.90 Å². The van der Waals surface area contributed by atoms with Gasteiger partial charge in [-0.1, -0.05) is 0 Å². The zero-order valence-corrected chi connectivity index (χ0v) is 9.63. The monoisotopic (exact) mass is 239 g/mol. The fraction of sp³-hybridized carbons (Fsp3) is 0.583. The number of aliphatic carboxylic acids is 1. The average molecular weight is 239 g/mol. The molecule has 0 spiro atoms. The number of furan rings is 1. The largest absolute Gasteiger partial charge is 0.481 e. The zero-order valence-electron chi connectivity index (χ0n) is 9.63. The smallest absolute Gasteiger partial charge is 0.303 e. The van der Waals surface area contributed by atoms with Crippen LogP contribution in [-0.2, 0) is 11.2 Å². The lowest BCUT2D eigenvalue weighted by molar-refractivity contribution is -0.137. The van der Waals surface area contributed by atoms with Crippen LogP contribution in [0.3, 0.4) is 0 Å². The fourth-order valence-electron chi connectivity index (χ4n) is 1.99. The highest BCUT2D eigenvalue weighted by molar-refractivity contribution is 5.66. The Bertz CT molecular complexity index is 380. The van der Waals surface area contributed by atoms with Crippen molar-refractivity contribution >= 4 is 11.9 Å². The van der Waals surface area contributed by atoms with Gasteiger partial charge in [0.15, 0.2) is 5.88 Å². The van der Waals surface area contributed by atoms with E-state index in [0.29, 0.717) is 12.2 Å². The van der Waals surface area contributed by atoms with Gasteiger partial charge in [0, 0.05) is 25.6 Å². The third-order valence-corrected chi connectivity index (χ3v) is 3.01. The number of anilines is 1. The maximum Gasteiger partial charge on any atom is 0.303 e. The van der Waals surface area contributed by atoms with Crippen LogP contribution in [0, 0.1) is 0 Å². The number of aliphatic hydroxyl groups excluding tert-OH is 1. The van der Waals surface area contributed by atoms with E-state index in [0.717, 1.165) is 31.8 Å². The van der Waals surface area contributed by atoms with Gasteiger partial charge in [-0.2, -0.15) is 0 Å². The molecular weight excluding hydrogens is 222 g/mol. The first-order valence-corrected chi connectivity index (χ1v) is 5.88. The minimum absolute atomic E-state index is 0.0890. The molecule has 5 nitrogen and oxygen atoms in total. The van der Waals surface area contributed by atoms with Crippen molar-refractivity contribution in [1.82, 2.24) is 0 Å². The first-order chi connectivity index (χ1) is 8.15. The Morgan fingerprint density at radius 1 is 1.41 bits per heavy atom. The van der Waals surface area contributed by atoms with E-state index in [2.05, 4.69) is 4.90 Å². The van der Waals surface area contributed by atoms with Gasteiger partial charge in [-0.15, -0.1) is 0 Å². The van der Waals surface area contributed by atoms with Gasteiger partial charge >= 0.3 is 5.97 Å². The molecule has 1 saturated heterocycles. The Balaban J connectivity index is 1.91. The number of hydrogen-bond acceptors (Lipinski definition) is 4. The van der Waals surface area contributed by atoms with E-state index in [4.69, 9.17) is 9.52 Å². The predicted octanol–water partition coefficient (Wildman–Crippen LogP) is 1.26. The van der Waals surface area contributed by atoms with Crippen molar-refractivity contribution in [1.29, 1.82) is 0 Å². The molecule has 1 aromatic rings. The van der Waals surface area contributed by atoms with Crippen LogP contribution in [0.2, 0.25) is 0 Å². The third kappa shape index (κ3) is 3.23. The van der Waals surface area contributed by atoms with E-state index in [-0.39, 0.29) is 12.5 Å². The van der Waals surface area contributed by atoms with Crippen molar-refractivity contribution < 1.29 is 19.4 Å². The summed E-state index contributed by atoms with van der Waals surface area (Å²) in [6.45, 7) is 1.57. The molecule has 0 aromatic carbocycles. The van der Waals surface area contributed by atoms with Crippen LogP contribution in [-0.4, -0.2) is 35.4 Å². The summed E-state index contributed by atoms with van der Waals surface area (Å²) in [5, 5.41) is 18.0. The maximum atomic E-state index is 10.4. The maximum absolute atomic E-state index is 10.4. The second-order valence-corrected chi connectivity index (χ2v) is 4.35. The van der Waals surface area contributed by atoms with Crippen molar-refractivity contribution in [2.24, 2.45) is 0 Å². The predicted molar refractivity (Wildman–Crippen MR) is 62.1 cm³/mol. The molecule has 2 N–H and O–H groups in total. The SMILES string of the molecule is O=C(O)CCc1ccc(N2CCC(O)CC2)o1. The summed E-state index contributed by atoms with van der Waals surface area (Å²) in [7, 11) is 0. The summed E-state index contributed by atoms with van der Waals surface area (Å²) in [4.78, 5) is 12.5. The van der Waals surface area contributed by atoms with Crippen molar-refractivity contribution in [3.8, 4) is 0 Å². The Hall–Kier alpha value is -1.49. The fourth-order valence-corrected chi connectivity index (χ4v) is 1.99. The molecule has 0 aliphatic carbocycles. The number of aliphatic hydroxyl groups is 1. The molecule has 0 radical (unpaired) electrons. The van der Waals surface area contributed by atoms with Crippen LogP contribution in [0.25, 0.3) is 0 Å². The van der Waals surface area contributed by atoms with E-state index in [1.807, 2.05) is 12.1 Å². The van der Waals surface area contributed by atoms with Crippen molar-refractivity contribution in [3.05, 3.63) is 17.9 Å². The molecule has 94 valence electrons. The zero-order chi connectivity index (χ0) is 12.3. The Kier molecular flexibility index (Phi) is 3.68. The van der Waals surface area contributed by atoms with Gasteiger partial charge in [0.1, 0.15) is 5.76 Å². The second kappa shape index (κ2) is 5.23. The van der Waals surface area contributed by atoms with E-state index >= 15 is 0 Å².